The summed E-state index contributed by atoms with van der Waals surface area (Å²) in [7, 11) is 0. The van der Waals surface area contributed by atoms with Gasteiger partial charge in [0.05, 0.1) is 16.2 Å². The van der Waals surface area contributed by atoms with Crippen LogP contribution in [0, 0.1) is 24.0 Å². The lowest BCUT2D eigenvalue weighted by molar-refractivity contribution is -0.385. The zero-order valence-electron chi connectivity index (χ0n) is 22.9. The molecule has 9 nitrogen and oxygen atoms in total. The van der Waals surface area contributed by atoms with Crippen LogP contribution in [0.1, 0.15) is 27.0 Å². The maximum Gasteiger partial charge on any atom is 0.276 e. The van der Waals surface area contributed by atoms with Gasteiger partial charge in [-0.25, -0.2) is 0 Å². The molecule has 0 aromatic heterocycles. The van der Waals surface area contributed by atoms with Crippen molar-refractivity contribution in [1.29, 1.82) is 0 Å². The molecule has 0 aliphatic heterocycles. The number of amides is 3. The highest BCUT2D eigenvalue weighted by Gasteiger charge is 2.18. The van der Waals surface area contributed by atoms with Gasteiger partial charge in [-0.3, -0.25) is 24.5 Å². The summed E-state index contributed by atoms with van der Waals surface area (Å²) in [5.74, 6) is -1.24. The minimum absolute atomic E-state index is 0.153. The van der Waals surface area contributed by atoms with E-state index in [4.69, 9.17) is 0 Å². The summed E-state index contributed by atoms with van der Waals surface area (Å²) in [5.41, 5.74) is 3.33. The molecule has 0 radical (unpaired) electrons. The number of aryl methyl sites for hydroxylation is 2. The van der Waals surface area contributed by atoms with Gasteiger partial charge in [0.25, 0.3) is 17.5 Å². The predicted molar refractivity (Wildman–Crippen MR) is 165 cm³/mol. The number of rotatable bonds is 10. The highest BCUT2D eigenvalue weighted by molar-refractivity contribution is 8.00. The van der Waals surface area contributed by atoms with Gasteiger partial charge in [0.1, 0.15) is 5.70 Å². The second-order valence-electron chi connectivity index (χ2n) is 9.39. The van der Waals surface area contributed by atoms with Crippen molar-refractivity contribution in [2.75, 3.05) is 16.4 Å². The SMILES string of the molecule is Cc1cc(C)cc(NC(=O)CSc2cccc(NC(=O)/C(=C\c3ccccc3[N+](=O)[O-])NC(=O)c3ccccc3)c2)c1. The molecular formula is C32H28N4O5S. The molecule has 4 rings (SSSR count). The summed E-state index contributed by atoms with van der Waals surface area (Å²) in [6, 6.07) is 27.0. The van der Waals surface area contributed by atoms with Crippen molar-refractivity contribution in [3.05, 3.63) is 135 Å². The molecule has 0 fully saturated rings. The lowest BCUT2D eigenvalue weighted by Crippen LogP contribution is -2.30. The summed E-state index contributed by atoms with van der Waals surface area (Å²) in [6.07, 6.45) is 1.27. The van der Waals surface area contributed by atoms with Gasteiger partial charge < -0.3 is 16.0 Å². The third-order valence-electron chi connectivity index (χ3n) is 5.93. The van der Waals surface area contributed by atoms with Crippen molar-refractivity contribution in [3.63, 3.8) is 0 Å². The summed E-state index contributed by atoms with van der Waals surface area (Å²) in [5, 5.41) is 19.8. The number of nitrogens with zero attached hydrogens (tertiary/aromatic N) is 1. The summed E-state index contributed by atoms with van der Waals surface area (Å²) < 4.78 is 0. The van der Waals surface area contributed by atoms with E-state index in [1.54, 1.807) is 54.6 Å². The van der Waals surface area contributed by atoms with Crippen LogP contribution in [-0.2, 0) is 9.59 Å². The van der Waals surface area contributed by atoms with Crippen LogP contribution >= 0.6 is 11.8 Å². The van der Waals surface area contributed by atoms with E-state index in [2.05, 4.69) is 16.0 Å². The second kappa shape index (κ2) is 13.9. The number of nitro groups is 1. The Kier molecular flexibility index (Phi) is 9.85. The van der Waals surface area contributed by atoms with E-state index in [1.807, 2.05) is 38.1 Å². The van der Waals surface area contributed by atoms with Crippen molar-refractivity contribution < 1.29 is 19.3 Å². The molecule has 3 amide bonds. The molecular weight excluding hydrogens is 552 g/mol. The van der Waals surface area contributed by atoms with Gasteiger partial charge in [0.15, 0.2) is 0 Å². The van der Waals surface area contributed by atoms with E-state index in [0.29, 0.717) is 11.3 Å². The van der Waals surface area contributed by atoms with E-state index in [9.17, 15) is 24.5 Å². The summed E-state index contributed by atoms with van der Waals surface area (Å²) in [6.45, 7) is 3.93. The Morgan fingerprint density at radius 2 is 1.50 bits per heavy atom. The Morgan fingerprint density at radius 3 is 2.21 bits per heavy atom. The van der Waals surface area contributed by atoms with Gasteiger partial charge >= 0.3 is 0 Å². The van der Waals surface area contributed by atoms with E-state index in [1.165, 1.54) is 36.0 Å². The molecule has 4 aromatic rings. The van der Waals surface area contributed by atoms with Crippen molar-refractivity contribution >= 4 is 52.6 Å². The van der Waals surface area contributed by atoms with Crippen LogP contribution in [-0.4, -0.2) is 28.4 Å². The normalized spacial score (nSPS) is 11.0. The summed E-state index contributed by atoms with van der Waals surface area (Å²) in [4.78, 5) is 50.5. The molecule has 10 heteroatoms. The quantitative estimate of drug-likeness (QED) is 0.0867. The zero-order valence-corrected chi connectivity index (χ0v) is 23.7. The average Bonchev–Trinajstić information content (AvgIpc) is 2.96. The Balaban J connectivity index is 1.50. The maximum absolute atomic E-state index is 13.4. The van der Waals surface area contributed by atoms with E-state index in [-0.39, 0.29) is 28.6 Å². The molecule has 0 aliphatic carbocycles. The lowest BCUT2D eigenvalue weighted by atomic mass is 10.1. The van der Waals surface area contributed by atoms with Gasteiger partial charge in [-0.2, -0.15) is 0 Å². The fourth-order valence-corrected chi connectivity index (χ4v) is 4.88. The zero-order chi connectivity index (χ0) is 30.1. The standard InChI is InChI=1S/C32H28N4O5S/c1-21-15-22(2)17-26(16-21)33-30(37)20-42-27-13-8-12-25(19-27)34-32(39)28(35-31(38)23-9-4-3-5-10-23)18-24-11-6-7-14-29(24)36(40)41/h3-19H,20H2,1-2H3,(H,33,37)(H,34,39)(H,35,38)/b28-18+. The Bertz CT molecular complexity index is 1650. The second-order valence-corrected chi connectivity index (χ2v) is 10.4. The molecule has 212 valence electrons. The van der Waals surface area contributed by atoms with Crippen LogP contribution in [0.2, 0.25) is 0 Å². The number of thioether (sulfide) groups is 1. The molecule has 0 saturated carbocycles. The first-order valence-corrected chi connectivity index (χ1v) is 13.9. The predicted octanol–water partition coefficient (Wildman–Crippen LogP) is 6.35. The van der Waals surface area contributed by atoms with Crippen molar-refractivity contribution in [2.24, 2.45) is 0 Å². The van der Waals surface area contributed by atoms with Crippen LogP contribution in [0.15, 0.2) is 108 Å². The first-order valence-electron chi connectivity index (χ1n) is 12.9. The van der Waals surface area contributed by atoms with Crippen molar-refractivity contribution in [1.82, 2.24) is 5.32 Å². The largest absolute Gasteiger partial charge is 0.325 e. The lowest BCUT2D eigenvalue weighted by Gasteiger charge is -2.12. The number of nitro benzene ring substituents is 1. The summed E-state index contributed by atoms with van der Waals surface area (Å²) >= 11 is 1.30. The molecule has 4 aromatic carbocycles. The van der Waals surface area contributed by atoms with Crippen LogP contribution in [0.3, 0.4) is 0 Å². The fourth-order valence-electron chi connectivity index (χ4n) is 4.13. The first-order chi connectivity index (χ1) is 20.2. The molecule has 0 aliphatic rings. The van der Waals surface area contributed by atoms with Crippen LogP contribution < -0.4 is 16.0 Å². The average molecular weight is 581 g/mol. The third kappa shape index (κ3) is 8.39. The molecule has 0 saturated heterocycles. The minimum Gasteiger partial charge on any atom is -0.325 e. The first kappa shape index (κ1) is 29.8. The maximum atomic E-state index is 13.4. The van der Waals surface area contributed by atoms with Crippen LogP contribution in [0.4, 0.5) is 17.1 Å². The molecule has 0 unspecified atom stereocenters. The smallest absolute Gasteiger partial charge is 0.276 e. The monoisotopic (exact) mass is 580 g/mol. The number of nitrogens with one attached hydrogen (secondary N) is 3. The van der Waals surface area contributed by atoms with E-state index < -0.39 is 16.7 Å². The van der Waals surface area contributed by atoms with E-state index in [0.717, 1.165) is 21.7 Å². The Hall–Kier alpha value is -5.22. The minimum atomic E-state index is -0.674. The molecule has 0 heterocycles. The van der Waals surface area contributed by atoms with Crippen LogP contribution in [0.25, 0.3) is 6.08 Å². The number of hydrogen-bond donors (Lipinski definition) is 3. The fraction of sp³-hybridized carbons (Fsp3) is 0.0938. The highest BCUT2D eigenvalue weighted by Crippen LogP contribution is 2.24. The number of para-hydroxylation sites is 1. The number of benzene rings is 4. The van der Waals surface area contributed by atoms with Gasteiger partial charge in [-0.15, -0.1) is 11.8 Å². The van der Waals surface area contributed by atoms with Crippen LogP contribution in [0.5, 0.6) is 0 Å². The van der Waals surface area contributed by atoms with Gasteiger partial charge in [-0.05, 0) is 79.6 Å². The number of anilines is 2. The number of hydrogen-bond acceptors (Lipinski definition) is 6. The van der Waals surface area contributed by atoms with Gasteiger partial charge in [0, 0.05) is 27.9 Å². The van der Waals surface area contributed by atoms with Gasteiger partial charge in [-0.1, -0.05) is 42.5 Å². The van der Waals surface area contributed by atoms with E-state index >= 15 is 0 Å². The molecule has 3 N–H and O–H groups in total. The van der Waals surface area contributed by atoms with Crippen molar-refractivity contribution in [2.45, 2.75) is 18.7 Å². The Morgan fingerprint density at radius 1 is 0.810 bits per heavy atom. The molecule has 0 bridgehead atoms. The highest BCUT2D eigenvalue weighted by atomic mass is 32.2. The third-order valence-corrected chi connectivity index (χ3v) is 6.92. The van der Waals surface area contributed by atoms with Crippen molar-refractivity contribution in [3.8, 4) is 0 Å². The Labute approximate surface area is 247 Å². The molecule has 0 spiro atoms. The molecule has 42 heavy (non-hydrogen) atoms. The molecule has 0 atom stereocenters. The van der Waals surface area contributed by atoms with Gasteiger partial charge in [0.2, 0.25) is 5.91 Å². The number of carbonyl (C=O) groups excluding carboxylic acids is 3. The number of carbonyl (C=O) groups is 3. The topological polar surface area (TPSA) is 130 Å².